The van der Waals surface area contributed by atoms with Crippen LogP contribution in [-0.2, 0) is 9.53 Å². The van der Waals surface area contributed by atoms with E-state index in [0.29, 0.717) is 19.1 Å². The van der Waals surface area contributed by atoms with Crippen molar-refractivity contribution in [2.45, 2.75) is 45.1 Å². The minimum absolute atomic E-state index is 0.107. The number of nitrogens with one attached hydrogen (secondary N) is 2. The van der Waals surface area contributed by atoms with Crippen LogP contribution in [-0.4, -0.2) is 38.3 Å². The van der Waals surface area contributed by atoms with Crippen molar-refractivity contribution in [1.29, 1.82) is 0 Å². The van der Waals surface area contributed by atoms with E-state index in [1.54, 1.807) is 0 Å². The zero-order valence-electron chi connectivity index (χ0n) is 14.5. The Morgan fingerprint density at radius 3 is 2.92 bits per heavy atom. The molecule has 1 heterocycles. The fraction of sp³-hybridized carbons (Fsp3) is 0.632. The van der Waals surface area contributed by atoms with Gasteiger partial charge in [0.15, 0.2) is 0 Å². The Morgan fingerprint density at radius 1 is 1.33 bits per heavy atom. The summed E-state index contributed by atoms with van der Waals surface area (Å²) in [6.45, 7) is 4.74. The first-order valence-electron chi connectivity index (χ1n) is 9.09. The van der Waals surface area contributed by atoms with E-state index < -0.39 is 6.10 Å². The van der Waals surface area contributed by atoms with Crippen LogP contribution in [0.3, 0.4) is 0 Å². The van der Waals surface area contributed by atoms with Crippen LogP contribution >= 0.6 is 0 Å². The van der Waals surface area contributed by atoms with Crippen LogP contribution in [0.4, 0.5) is 5.69 Å². The third-order valence-electron chi connectivity index (χ3n) is 4.88. The van der Waals surface area contributed by atoms with Crippen molar-refractivity contribution in [2.24, 2.45) is 5.92 Å². The quantitative estimate of drug-likeness (QED) is 0.870. The maximum atomic E-state index is 12.3. The minimum atomic E-state index is -0.424. The summed E-state index contributed by atoms with van der Waals surface area (Å²) in [6.07, 6.45) is 6.10. The van der Waals surface area contributed by atoms with Crippen molar-refractivity contribution in [3.8, 4) is 5.75 Å². The molecule has 2 aliphatic rings. The van der Waals surface area contributed by atoms with E-state index in [1.165, 1.54) is 32.1 Å². The molecule has 0 bridgehead atoms. The zero-order valence-corrected chi connectivity index (χ0v) is 14.5. The highest BCUT2D eigenvalue weighted by Crippen LogP contribution is 2.27. The summed E-state index contributed by atoms with van der Waals surface area (Å²) >= 11 is 0. The molecule has 2 N–H and O–H groups in total. The van der Waals surface area contributed by atoms with Gasteiger partial charge in [-0.1, -0.05) is 25.3 Å². The number of ether oxygens (including phenoxy) is 2. The van der Waals surface area contributed by atoms with Crippen LogP contribution in [0, 0.1) is 12.8 Å². The Hall–Kier alpha value is -1.59. The lowest BCUT2D eigenvalue weighted by molar-refractivity contribution is -0.128. The third-order valence-corrected chi connectivity index (χ3v) is 4.88. The molecule has 1 aromatic carbocycles. The van der Waals surface area contributed by atoms with Gasteiger partial charge in [-0.2, -0.15) is 0 Å². The van der Waals surface area contributed by atoms with Gasteiger partial charge in [0.25, 0.3) is 5.91 Å². The molecular formula is C19H28N2O3. The molecule has 1 atom stereocenters. The average molecular weight is 332 g/mol. The summed E-state index contributed by atoms with van der Waals surface area (Å²) in [7, 11) is 0. The first-order chi connectivity index (χ1) is 11.7. The van der Waals surface area contributed by atoms with Crippen LogP contribution in [0.5, 0.6) is 5.75 Å². The fourth-order valence-corrected chi connectivity index (χ4v) is 3.35. The van der Waals surface area contributed by atoms with Crippen molar-refractivity contribution < 1.29 is 14.3 Å². The Balaban J connectivity index is 1.57. The number of hydrogen-bond acceptors (Lipinski definition) is 4. The van der Waals surface area contributed by atoms with Crippen molar-refractivity contribution in [2.75, 3.05) is 31.6 Å². The Bertz CT molecular complexity index is 550. The highest BCUT2D eigenvalue weighted by molar-refractivity contribution is 5.94. The number of anilines is 1. The highest BCUT2D eigenvalue weighted by Gasteiger charge is 2.22. The number of carbonyl (C=O) groups is 1. The molecule has 24 heavy (non-hydrogen) atoms. The summed E-state index contributed by atoms with van der Waals surface area (Å²) in [6, 6.07) is 5.83. The molecule has 0 spiro atoms. The lowest BCUT2D eigenvalue weighted by atomic mass is 9.90. The lowest BCUT2D eigenvalue weighted by Gasteiger charge is -2.23. The third kappa shape index (κ3) is 4.71. The first-order valence-corrected chi connectivity index (χ1v) is 9.09. The summed E-state index contributed by atoms with van der Waals surface area (Å²) < 4.78 is 11.5. The Morgan fingerprint density at radius 2 is 2.17 bits per heavy atom. The van der Waals surface area contributed by atoms with Gasteiger partial charge in [-0.15, -0.1) is 0 Å². The predicted octanol–water partition coefficient (Wildman–Crippen LogP) is 2.88. The molecule has 132 valence electrons. The summed E-state index contributed by atoms with van der Waals surface area (Å²) in [5.74, 6) is 1.42. The fourth-order valence-electron chi connectivity index (χ4n) is 3.35. The van der Waals surface area contributed by atoms with Gasteiger partial charge in [-0.05, 0) is 37.3 Å². The van der Waals surface area contributed by atoms with Crippen LogP contribution < -0.4 is 15.4 Å². The van der Waals surface area contributed by atoms with Gasteiger partial charge in [0.05, 0.1) is 13.2 Å². The second-order valence-corrected chi connectivity index (χ2v) is 6.85. The van der Waals surface area contributed by atoms with Crippen molar-refractivity contribution in [3.05, 3.63) is 23.8 Å². The summed E-state index contributed by atoms with van der Waals surface area (Å²) in [5.41, 5.74) is 1.86. The van der Waals surface area contributed by atoms with Gasteiger partial charge < -0.3 is 20.1 Å². The first kappa shape index (κ1) is 17.2. The molecule has 5 nitrogen and oxygen atoms in total. The standard InChI is InChI=1S/C19H28N2O3/c1-14-7-8-16(21-19(22)18-12-20-9-10-23-18)11-17(14)24-13-15-5-3-2-4-6-15/h7-8,11,15,18,20H,2-6,9-10,12-13H2,1H3,(H,21,22). The molecule has 1 aliphatic carbocycles. The van der Waals surface area contributed by atoms with Crippen molar-refractivity contribution in [1.82, 2.24) is 5.32 Å². The molecule has 1 unspecified atom stereocenters. The number of benzene rings is 1. The van der Waals surface area contributed by atoms with Gasteiger partial charge in [-0.25, -0.2) is 0 Å². The predicted molar refractivity (Wildman–Crippen MR) is 94.5 cm³/mol. The maximum Gasteiger partial charge on any atom is 0.254 e. The number of amides is 1. The van der Waals surface area contributed by atoms with Crippen LogP contribution in [0.2, 0.25) is 0 Å². The molecule has 1 saturated carbocycles. The van der Waals surface area contributed by atoms with E-state index in [1.807, 2.05) is 25.1 Å². The van der Waals surface area contributed by atoms with Crippen LogP contribution in [0.1, 0.15) is 37.7 Å². The van der Waals surface area contributed by atoms with E-state index in [-0.39, 0.29) is 5.91 Å². The Kier molecular flexibility index (Phi) is 6.10. The topological polar surface area (TPSA) is 59.6 Å². The van der Waals surface area contributed by atoms with Crippen molar-refractivity contribution in [3.63, 3.8) is 0 Å². The molecule has 2 fully saturated rings. The Labute approximate surface area is 144 Å². The normalized spacial score (nSPS) is 22.1. The van der Waals surface area contributed by atoms with E-state index in [2.05, 4.69) is 10.6 Å². The van der Waals surface area contributed by atoms with Crippen LogP contribution in [0.15, 0.2) is 18.2 Å². The minimum Gasteiger partial charge on any atom is -0.493 e. The average Bonchev–Trinajstić information content (AvgIpc) is 2.63. The van der Waals surface area contributed by atoms with Crippen LogP contribution in [0.25, 0.3) is 0 Å². The zero-order chi connectivity index (χ0) is 16.8. The lowest BCUT2D eigenvalue weighted by Crippen LogP contribution is -2.45. The van der Waals surface area contributed by atoms with Gasteiger partial charge in [0.1, 0.15) is 11.9 Å². The molecule has 0 radical (unpaired) electrons. The van der Waals surface area contributed by atoms with Gasteiger partial charge in [0, 0.05) is 24.8 Å². The number of rotatable bonds is 5. The van der Waals surface area contributed by atoms with Crippen molar-refractivity contribution >= 4 is 11.6 Å². The summed E-state index contributed by atoms with van der Waals surface area (Å²) in [5, 5.41) is 6.10. The molecule has 1 aromatic rings. The molecule has 3 rings (SSSR count). The number of hydrogen-bond donors (Lipinski definition) is 2. The molecule has 1 saturated heterocycles. The maximum absolute atomic E-state index is 12.3. The van der Waals surface area contributed by atoms with Gasteiger partial charge >= 0.3 is 0 Å². The number of aryl methyl sites for hydroxylation is 1. The summed E-state index contributed by atoms with van der Waals surface area (Å²) in [4.78, 5) is 12.3. The monoisotopic (exact) mass is 332 g/mol. The van der Waals surface area contributed by atoms with E-state index >= 15 is 0 Å². The second kappa shape index (κ2) is 8.49. The largest absolute Gasteiger partial charge is 0.493 e. The SMILES string of the molecule is Cc1ccc(NC(=O)C2CNCCO2)cc1OCC1CCCCC1. The number of morpholine rings is 1. The van der Waals surface area contributed by atoms with E-state index in [0.717, 1.165) is 30.2 Å². The van der Waals surface area contributed by atoms with Gasteiger partial charge in [0.2, 0.25) is 0 Å². The molecule has 5 heteroatoms. The molecule has 1 amide bonds. The highest BCUT2D eigenvalue weighted by atomic mass is 16.5. The molecular weight excluding hydrogens is 304 g/mol. The van der Waals surface area contributed by atoms with E-state index in [4.69, 9.17) is 9.47 Å². The second-order valence-electron chi connectivity index (χ2n) is 6.85. The van der Waals surface area contributed by atoms with Gasteiger partial charge in [-0.3, -0.25) is 4.79 Å². The smallest absolute Gasteiger partial charge is 0.254 e. The molecule has 1 aliphatic heterocycles. The number of carbonyl (C=O) groups excluding carboxylic acids is 1. The van der Waals surface area contributed by atoms with E-state index in [9.17, 15) is 4.79 Å². The molecule has 0 aromatic heterocycles.